The molecule has 0 aliphatic carbocycles. The molecule has 6 nitrogen and oxygen atoms in total. The van der Waals surface area contributed by atoms with Gasteiger partial charge in [-0.3, -0.25) is 14.9 Å². The first-order valence-corrected chi connectivity index (χ1v) is 9.92. The molecule has 0 spiro atoms. The fourth-order valence-corrected chi connectivity index (χ4v) is 3.68. The van der Waals surface area contributed by atoms with Crippen LogP contribution in [-0.2, 0) is 4.79 Å². The lowest BCUT2D eigenvalue weighted by Crippen LogP contribution is -2.28. The van der Waals surface area contributed by atoms with Crippen molar-refractivity contribution in [3.05, 3.63) is 72.6 Å². The van der Waals surface area contributed by atoms with Crippen LogP contribution in [0.5, 0.6) is 0 Å². The van der Waals surface area contributed by atoms with E-state index in [-0.39, 0.29) is 17.7 Å². The van der Waals surface area contributed by atoms with E-state index < -0.39 is 0 Å². The number of rotatable bonds is 6. The lowest BCUT2D eigenvalue weighted by atomic mass is 10.00. The van der Waals surface area contributed by atoms with E-state index in [9.17, 15) is 4.79 Å². The van der Waals surface area contributed by atoms with Gasteiger partial charge in [0.2, 0.25) is 11.1 Å². The van der Waals surface area contributed by atoms with Gasteiger partial charge in [0.05, 0.1) is 11.8 Å². The molecule has 4 rings (SSSR count). The standard InChI is InChI=1S/C21H19N5OS/c1-14(17-8-4-6-15-5-2-3-7-18(15)17)23-19(27)13-28-21-24-20(25-26-21)16-9-11-22-12-10-16/h2-12,14H,13H2,1H3,(H,23,27)(H,24,25,26)/t14-/m1/s1. The number of benzene rings is 2. The number of pyridine rings is 1. The molecular formula is C21H19N5OS. The predicted octanol–water partition coefficient (Wildman–Crippen LogP) is 3.99. The molecule has 0 aliphatic rings. The quantitative estimate of drug-likeness (QED) is 0.487. The summed E-state index contributed by atoms with van der Waals surface area (Å²) in [7, 11) is 0. The van der Waals surface area contributed by atoms with Crippen molar-refractivity contribution in [1.29, 1.82) is 0 Å². The highest BCUT2D eigenvalue weighted by Crippen LogP contribution is 2.24. The molecule has 4 aromatic rings. The van der Waals surface area contributed by atoms with E-state index in [2.05, 4.69) is 49.7 Å². The Hall–Kier alpha value is -3.19. The summed E-state index contributed by atoms with van der Waals surface area (Å²) in [5.74, 6) is 0.859. The van der Waals surface area contributed by atoms with E-state index in [4.69, 9.17) is 0 Å². The Labute approximate surface area is 166 Å². The molecule has 0 saturated heterocycles. The maximum absolute atomic E-state index is 12.4. The largest absolute Gasteiger partial charge is 0.349 e. The Morgan fingerprint density at radius 2 is 1.89 bits per heavy atom. The Kier molecular flexibility index (Phi) is 5.34. The molecule has 0 unspecified atom stereocenters. The number of carbonyl (C=O) groups is 1. The van der Waals surface area contributed by atoms with Crippen molar-refractivity contribution in [2.75, 3.05) is 5.75 Å². The summed E-state index contributed by atoms with van der Waals surface area (Å²) in [6.45, 7) is 2.00. The van der Waals surface area contributed by atoms with Gasteiger partial charge in [0.25, 0.3) is 0 Å². The molecule has 7 heteroatoms. The fraction of sp³-hybridized carbons (Fsp3) is 0.143. The highest BCUT2D eigenvalue weighted by atomic mass is 32.2. The van der Waals surface area contributed by atoms with Crippen LogP contribution in [0.2, 0.25) is 0 Å². The second-order valence-corrected chi connectivity index (χ2v) is 7.29. The summed E-state index contributed by atoms with van der Waals surface area (Å²) < 4.78 is 0. The number of nitrogens with one attached hydrogen (secondary N) is 2. The first-order valence-electron chi connectivity index (χ1n) is 8.93. The third-order valence-electron chi connectivity index (χ3n) is 4.42. The molecule has 28 heavy (non-hydrogen) atoms. The molecule has 0 fully saturated rings. The number of hydrogen-bond donors (Lipinski definition) is 2. The minimum Gasteiger partial charge on any atom is -0.349 e. The van der Waals surface area contributed by atoms with Crippen LogP contribution in [0.25, 0.3) is 22.2 Å². The molecule has 140 valence electrons. The van der Waals surface area contributed by atoms with E-state index >= 15 is 0 Å². The fourth-order valence-electron chi connectivity index (χ4n) is 3.07. The van der Waals surface area contributed by atoms with Crippen molar-refractivity contribution in [2.24, 2.45) is 0 Å². The van der Waals surface area contributed by atoms with Crippen molar-refractivity contribution in [1.82, 2.24) is 25.5 Å². The summed E-state index contributed by atoms with van der Waals surface area (Å²) in [4.78, 5) is 20.8. The summed E-state index contributed by atoms with van der Waals surface area (Å²) in [5, 5.41) is 13.0. The molecule has 2 aromatic carbocycles. The van der Waals surface area contributed by atoms with Crippen LogP contribution in [-0.4, -0.2) is 31.8 Å². The monoisotopic (exact) mass is 389 g/mol. The number of hydrogen-bond acceptors (Lipinski definition) is 5. The van der Waals surface area contributed by atoms with Crippen LogP contribution in [0.3, 0.4) is 0 Å². The van der Waals surface area contributed by atoms with Gasteiger partial charge in [-0.15, -0.1) is 5.10 Å². The van der Waals surface area contributed by atoms with Crippen LogP contribution >= 0.6 is 11.8 Å². The van der Waals surface area contributed by atoms with Crippen molar-refractivity contribution < 1.29 is 4.79 Å². The zero-order chi connectivity index (χ0) is 19.3. The number of H-pyrrole nitrogens is 1. The molecule has 1 atom stereocenters. The summed E-state index contributed by atoms with van der Waals surface area (Å²) in [6, 6.07) is 18.0. The van der Waals surface area contributed by atoms with Crippen molar-refractivity contribution in [3.8, 4) is 11.4 Å². The minimum atomic E-state index is -0.0845. The lowest BCUT2D eigenvalue weighted by Gasteiger charge is -2.16. The van der Waals surface area contributed by atoms with Crippen LogP contribution in [0, 0.1) is 0 Å². The number of carbonyl (C=O) groups excluding carboxylic acids is 1. The summed E-state index contributed by atoms with van der Waals surface area (Å²) in [6.07, 6.45) is 3.40. The second-order valence-electron chi connectivity index (χ2n) is 6.35. The maximum atomic E-state index is 12.4. The first kappa shape index (κ1) is 18.2. The molecule has 0 saturated carbocycles. The van der Waals surface area contributed by atoms with E-state index in [1.807, 2.05) is 37.3 Å². The molecule has 2 aromatic heterocycles. The summed E-state index contributed by atoms with van der Waals surface area (Å²) >= 11 is 1.30. The van der Waals surface area contributed by atoms with Gasteiger partial charge < -0.3 is 5.32 Å². The van der Waals surface area contributed by atoms with Gasteiger partial charge >= 0.3 is 0 Å². The van der Waals surface area contributed by atoms with Crippen LogP contribution in [0.4, 0.5) is 0 Å². The molecular weight excluding hydrogens is 370 g/mol. The average molecular weight is 389 g/mol. The highest BCUT2D eigenvalue weighted by Gasteiger charge is 2.14. The van der Waals surface area contributed by atoms with Crippen molar-refractivity contribution in [2.45, 2.75) is 18.1 Å². The second kappa shape index (κ2) is 8.22. The zero-order valence-corrected chi connectivity index (χ0v) is 16.1. The highest BCUT2D eigenvalue weighted by molar-refractivity contribution is 7.99. The van der Waals surface area contributed by atoms with E-state index in [0.29, 0.717) is 11.0 Å². The van der Waals surface area contributed by atoms with E-state index in [1.165, 1.54) is 17.1 Å². The third kappa shape index (κ3) is 4.04. The molecule has 0 bridgehead atoms. The molecule has 2 heterocycles. The van der Waals surface area contributed by atoms with Crippen molar-refractivity contribution >= 4 is 28.4 Å². The van der Waals surface area contributed by atoms with Gasteiger partial charge in [0, 0.05) is 18.0 Å². The maximum Gasteiger partial charge on any atom is 0.230 e. The van der Waals surface area contributed by atoms with Crippen LogP contribution in [0.15, 0.2) is 72.1 Å². The van der Waals surface area contributed by atoms with E-state index in [0.717, 1.165) is 16.5 Å². The first-order chi connectivity index (χ1) is 13.7. The lowest BCUT2D eigenvalue weighted by molar-refractivity contribution is -0.119. The Bertz CT molecular complexity index is 1090. The predicted molar refractivity (Wildman–Crippen MR) is 111 cm³/mol. The number of amides is 1. The average Bonchev–Trinajstić information content (AvgIpc) is 3.21. The van der Waals surface area contributed by atoms with Gasteiger partial charge in [-0.1, -0.05) is 54.2 Å². The SMILES string of the molecule is C[C@@H](NC(=O)CSc1n[nH]c(-c2ccncc2)n1)c1cccc2ccccc12. The number of aromatic nitrogens is 4. The number of aromatic amines is 1. The van der Waals surface area contributed by atoms with Gasteiger partial charge in [0.1, 0.15) is 0 Å². The van der Waals surface area contributed by atoms with Crippen LogP contribution < -0.4 is 5.32 Å². The zero-order valence-electron chi connectivity index (χ0n) is 15.3. The van der Waals surface area contributed by atoms with Crippen LogP contribution in [0.1, 0.15) is 18.5 Å². The Balaban J connectivity index is 1.37. The number of thioether (sulfide) groups is 1. The topological polar surface area (TPSA) is 83.6 Å². The summed E-state index contributed by atoms with van der Waals surface area (Å²) in [5.41, 5.74) is 2.01. The minimum absolute atomic E-state index is 0.0549. The Morgan fingerprint density at radius 1 is 1.11 bits per heavy atom. The number of nitrogens with zero attached hydrogens (tertiary/aromatic N) is 3. The number of fused-ring (bicyclic) bond motifs is 1. The molecule has 1 amide bonds. The van der Waals surface area contributed by atoms with Gasteiger partial charge in [-0.05, 0) is 35.4 Å². The van der Waals surface area contributed by atoms with Gasteiger partial charge in [-0.2, -0.15) is 0 Å². The van der Waals surface area contributed by atoms with Crippen molar-refractivity contribution in [3.63, 3.8) is 0 Å². The normalized spacial score (nSPS) is 12.0. The van der Waals surface area contributed by atoms with E-state index in [1.54, 1.807) is 12.4 Å². The van der Waals surface area contributed by atoms with Gasteiger partial charge in [-0.25, -0.2) is 4.98 Å². The molecule has 0 aliphatic heterocycles. The molecule has 2 N–H and O–H groups in total. The molecule has 0 radical (unpaired) electrons. The Morgan fingerprint density at radius 3 is 2.75 bits per heavy atom. The van der Waals surface area contributed by atoms with Gasteiger partial charge in [0.15, 0.2) is 5.82 Å². The third-order valence-corrected chi connectivity index (χ3v) is 5.27. The smallest absolute Gasteiger partial charge is 0.230 e.